The lowest BCUT2D eigenvalue weighted by Crippen LogP contribution is -2.41. The molecule has 1 unspecified atom stereocenters. The zero-order chi connectivity index (χ0) is 16.1. The Balaban J connectivity index is 2.11. The van der Waals surface area contributed by atoms with Crippen LogP contribution in [0.3, 0.4) is 0 Å². The fourth-order valence-corrected chi connectivity index (χ4v) is 2.66. The van der Waals surface area contributed by atoms with Crippen molar-refractivity contribution < 1.29 is 24.6 Å². The third-order valence-electron chi connectivity index (χ3n) is 2.91. The summed E-state index contributed by atoms with van der Waals surface area (Å²) in [6.07, 6.45) is -0.669. The van der Waals surface area contributed by atoms with Gasteiger partial charge < -0.3 is 15.5 Å². The number of carboxylic acids is 2. The molecule has 0 bridgehead atoms. The van der Waals surface area contributed by atoms with Crippen LogP contribution in [0.1, 0.15) is 16.1 Å². The third kappa shape index (κ3) is 3.92. The Hall–Kier alpha value is -2.67. The zero-order valence-corrected chi connectivity index (χ0v) is 12.2. The molecule has 7 heteroatoms. The summed E-state index contributed by atoms with van der Waals surface area (Å²) in [5, 5.41) is 21.6. The number of rotatable bonds is 6. The van der Waals surface area contributed by atoms with Gasteiger partial charge in [-0.3, -0.25) is 9.59 Å². The average molecular weight is 319 g/mol. The molecule has 0 aliphatic heterocycles. The van der Waals surface area contributed by atoms with E-state index in [0.717, 1.165) is 11.1 Å². The number of hydrogen-bond acceptors (Lipinski definition) is 4. The van der Waals surface area contributed by atoms with Gasteiger partial charge in [0.25, 0.3) is 5.91 Å². The standard InChI is InChI=1S/C15H13NO5S/c17-13(18)7-11(15(20)21)16-14(19)12-6-10(8-22-12)9-4-2-1-3-5-9/h1-6,8,11H,7H2,(H,16,19)(H,17,18)(H,20,21). The highest BCUT2D eigenvalue weighted by Gasteiger charge is 2.24. The van der Waals surface area contributed by atoms with Crippen molar-refractivity contribution in [1.29, 1.82) is 0 Å². The van der Waals surface area contributed by atoms with Crippen LogP contribution in [0.5, 0.6) is 0 Å². The van der Waals surface area contributed by atoms with Crippen molar-refractivity contribution in [2.45, 2.75) is 12.5 Å². The predicted molar refractivity (Wildman–Crippen MR) is 80.9 cm³/mol. The normalized spacial score (nSPS) is 11.6. The number of thiophene rings is 1. The van der Waals surface area contributed by atoms with E-state index in [0.29, 0.717) is 4.88 Å². The Bertz CT molecular complexity index is 695. The molecule has 0 radical (unpaired) electrons. The average Bonchev–Trinajstić information content (AvgIpc) is 2.96. The minimum absolute atomic E-state index is 0.329. The van der Waals surface area contributed by atoms with Gasteiger partial charge in [-0.1, -0.05) is 30.3 Å². The van der Waals surface area contributed by atoms with Gasteiger partial charge in [0, 0.05) is 0 Å². The van der Waals surface area contributed by atoms with Crippen LogP contribution in [-0.4, -0.2) is 34.1 Å². The number of carboxylic acid groups (broad SMARTS) is 2. The second kappa shape index (κ2) is 6.86. The van der Waals surface area contributed by atoms with Crippen molar-refractivity contribution in [3.8, 4) is 11.1 Å². The summed E-state index contributed by atoms with van der Waals surface area (Å²) in [4.78, 5) is 33.9. The Morgan fingerprint density at radius 2 is 1.77 bits per heavy atom. The molecule has 1 aromatic carbocycles. The van der Waals surface area contributed by atoms with Crippen molar-refractivity contribution in [2.24, 2.45) is 0 Å². The molecule has 3 N–H and O–H groups in total. The first-order valence-electron chi connectivity index (χ1n) is 6.37. The lowest BCUT2D eigenvalue weighted by atomic mass is 10.1. The molecule has 1 aromatic heterocycles. The van der Waals surface area contributed by atoms with Gasteiger partial charge in [-0.15, -0.1) is 11.3 Å². The van der Waals surface area contributed by atoms with Crippen molar-refractivity contribution in [3.63, 3.8) is 0 Å². The summed E-state index contributed by atoms with van der Waals surface area (Å²) in [6, 6.07) is 9.62. The van der Waals surface area contributed by atoms with Crippen LogP contribution in [0.25, 0.3) is 11.1 Å². The summed E-state index contributed by atoms with van der Waals surface area (Å²) in [7, 11) is 0. The lowest BCUT2D eigenvalue weighted by Gasteiger charge is -2.11. The van der Waals surface area contributed by atoms with E-state index < -0.39 is 30.3 Å². The summed E-state index contributed by atoms with van der Waals surface area (Å²) < 4.78 is 0. The van der Waals surface area contributed by atoms with Crippen LogP contribution in [0.2, 0.25) is 0 Å². The molecule has 0 spiro atoms. The number of carbonyl (C=O) groups excluding carboxylic acids is 1. The zero-order valence-electron chi connectivity index (χ0n) is 11.4. The SMILES string of the molecule is O=C(O)CC(NC(=O)c1cc(-c2ccccc2)cs1)C(=O)O. The molecule has 114 valence electrons. The molecule has 1 atom stereocenters. The highest BCUT2D eigenvalue weighted by Crippen LogP contribution is 2.25. The molecule has 0 aliphatic rings. The molecule has 0 fully saturated rings. The molecule has 0 aliphatic carbocycles. The molecule has 2 rings (SSSR count). The van der Waals surface area contributed by atoms with E-state index in [-0.39, 0.29) is 0 Å². The van der Waals surface area contributed by atoms with Gasteiger partial charge in [0.1, 0.15) is 6.04 Å². The van der Waals surface area contributed by atoms with Gasteiger partial charge in [0.05, 0.1) is 11.3 Å². The van der Waals surface area contributed by atoms with E-state index >= 15 is 0 Å². The summed E-state index contributed by atoms with van der Waals surface area (Å²) in [5.74, 6) is -3.26. The van der Waals surface area contributed by atoms with E-state index in [9.17, 15) is 14.4 Å². The Morgan fingerprint density at radius 3 is 2.36 bits per heavy atom. The third-order valence-corrected chi connectivity index (χ3v) is 3.84. The Kier molecular flexibility index (Phi) is 4.90. The molecule has 1 heterocycles. The minimum atomic E-state index is -1.45. The smallest absolute Gasteiger partial charge is 0.326 e. The molecule has 22 heavy (non-hydrogen) atoms. The molecular weight excluding hydrogens is 306 g/mol. The molecule has 1 amide bonds. The first-order valence-corrected chi connectivity index (χ1v) is 7.24. The van der Waals surface area contributed by atoms with Crippen LogP contribution < -0.4 is 5.32 Å². The number of hydrogen-bond donors (Lipinski definition) is 3. The minimum Gasteiger partial charge on any atom is -0.481 e. The highest BCUT2D eigenvalue weighted by molar-refractivity contribution is 7.12. The van der Waals surface area contributed by atoms with Crippen LogP contribution in [0, 0.1) is 0 Å². The van der Waals surface area contributed by atoms with Crippen LogP contribution in [0.4, 0.5) is 0 Å². The maximum absolute atomic E-state index is 12.0. The van der Waals surface area contributed by atoms with Crippen molar-refractivity contribution in [2.75, 3.05) is 0 Å². The van der Waals surface area contributed by atoms with Gasteiger partial charge in [0.2, 0.25) is 0 Å². The number of carbonyl (C=O) groups is 3. The number of amides is 1. The number of benzene rings is 1. The lowest BCUT2D eigenvalue weighted by molar-refractivity contribution is -0.145. The first-order chi connectivity index (χ1) is 10.5. The maximum atomic E-state index is 12.0. The van der Waals surface area contributed by atoms with Gasteiger partial charge in [-0.25, -0.2) is 4.79 Å². The second-order valence-electron chi connectivity index (χ2n) is 4.53. The first kappa shape index (κ1) is 15.7. The fraction of sp³-hybridized carbons (Fsp3) is 0.133. The Labute approximate surface area is 130 Å². The van der Waals surface area contributed by atoms with Crippen LogP contribution in [-0.2, 0) is 9.59 Å². The fourth-order valence-electron chi connectivity index (χ4n) is 1.84. The van der Waals surface area contributed by atoms with Crippen molar-refractivity contribution >= 4 is 29.2 Å². The van der Waals surface area contributed by atoms with Gasteiger partial charge >= 0.3 is 11.9 Å². The molecule has 0 saturated carbocycles. The molecule has 6 nitrogen and oxygen atoms in total. The van der Waals surface area contributed by atoms with E-state index in [2.05, 4.69) is 5.32 Å². The molecule has 2 aromatic rings. The summed E-state index contributed by atoms with van der Waals surface area (Å²) in [6.45, 7) is 0. The van der Waals surface area contributed by atoms with Crippen LogP contribution in [0.15, 0.2) is 41.8 Å². The monoisotopic (exact) mass is 319 g/mol. The van der Waals surface area contributed by atoms with Crippen molar-refractivity contribution in [3.05, 3.63) is 46.7 Å². The maximum Gasteiger partial charge on any atom is 0.326 e. The molecular formula is C15H13NO5S. The van der Waals surface area contributed by atoms with Gasteiger partial charge in [-0.2, -0.15) is 0 Å². The largest absolute Gasteiger partial charge is 0.481 e. The highest BCUT2D eigenvalue weighted by atomic mass is 32.1. The predicted octanol–water partition coefficient (Wildman–Crippen LogP) is 2.07. The van der Waals surface area contributed by atoms with E-state index in [1.807, 2.05) is 30.3 Å². The number of nitrogens with one attached hydrogen (secondary N) is 1. The molecule has 0 saturated heterocycles. The van der Waals surface area contributed by atoms with E-state index in [1.54, 1.807) is 11.4 Å². The van der Waals surface area contributed by atoms with E-state index in [4.69, 9.17) is 10.2 Å². The number of aliphatic carboxylic acids is 2. The summed E-state index contributed by atoms with van der Waals surface area (Å²) >= 11 is 1.17. The Morgan fingerprint density at radius 1 is 1.09 bits per heavy atom. The van der Waals surface area contributed by atoms with Crippen LogP contribution >= 0.6 is 11.3 Å². The van der Waals surface area contributed by atoms with Gasteiger partial charge in [0.15, 0.2) is 0 Å². The topological polar surface area (TPSA) is 104 Å². The van der Waals surface area contributed by atoms with Gasteiger partial charge in [-0.05, 0) is 22.6 Å². The van der Waals surface area contributed by atoms with E-state index in [1.165, 1.54) is 11.3 Å². The second-order valence-corrected chi connectivity index (χ2v) is 5.44. The quantitative estimate of drug-likeness (QED) is 0.756. The summed E-state index contributed by atoms with van der Waals surface area (Å²) in [5.41, 5.74) is 1.79. The van der Waals surface area contributed by atoms with Crippen molar-refractivity contribution in [1.82, 2.24) is 5.32 Å².